The number of carbonyl (C=O) groups excluding carboxylic acids is 3. The lowest BCUT2D eigenvalue weighted by Crippen LogP contribution is -2.22. The smallest absolute Gasteiger partial charge is 0.198 e. The number of benzene rings is 3. The van der Waals surface area contributed by atoms with Crippen molar-refractivity contribution in [2.45, 2.75) is 19.3 Å². The first kappa shape index (κ1) is 21.2. The van der Waals surface area contributed by atoms with E-state index < -0.39 is 0 Å². The molecule has 0 saturated heterocycles. The first-order valence-corrected chi connectivity index (χ1v) is 11.6. The molecule has 0 radical (unpaired) electrons. The van der Waals surface area contributed by atoms with Gasteiger partial charge in [-0.1, -0.05) is 80.6 Å². The number of hydrogen-bond donors (Lipinski definition) is 0. The van der Waals surface area contributed by atoms with E-state index in [0.29, 0.717) is 33.4 Å². The van der Waals surface area contributed by atoms with E-state index >= 15 is 0 Å². The van der Waals surface area contributed by atoms with Crippen LogP contribution in [0, 0.1) is 0 Å². The van der Waals surface area contributed by atoms with Crippen LogP contribution in [0.1, 0.15) is 56.0 Å². The van der Waals surface area contributed by atoms with Crippen LogP contribution < -0.4 is 4.90 Å². The highest BCUT2D eigenvalue weighted by atomic mass is 16.2. The number of allylic oxidation sites excluding steroid dienone is 6. The third kappa shape index (κ3) is 2.83. The van der Waals surface area contributed by atoms with Gasteiger partial charge in [0.1, 0.15) is 0 Å². The molecule has 0 amide bonds. The molecule has 170 valence electrons. The van der Waals surface area contributed by atoms with Crippen LogP contribution in [0.4, 0.5) is 5.69 Å². The zero-order valence-electron chi connectivity index (χ0n) is 19.8. The molecule has 0 atom stereocenters. The molecule has 0 spiro atoms. The Morgan fingerprint density at radius 1 is 0.629 bits per heavy atom. The predicted octanol–water partition coefficient (Wildman–Crippen LogP) is 5.95. The Kier molecular flexibility index (Phi) is 4.46. The van der Waals surface area contributed by atoms with Crippen LogP contribution in [-0.2, 0) is 5.41 Å². The molecule has 0 unspecified atom stereocenters. The Bertz CT molecular complexity index is 1540. The number of rotatable bonds is 1. The van der Waals surface area contributed by atoms with Crippen LogP contribution in [0.2, 0.25) is 0 Å². The average molecular weight is 458 g/mol. The van der Waals surface area contributed by atoms with Gasteiger partial charge in [-0.05, 0) is 29.3 Å². The summed E-state index contributed by atoms with van der Waals surface area (Å²) in [6.45, 7) is 4.32. The summed E-state index contributed by atoms with van der Waals surface area (Å²) in [4.78, 5) is 42.4. The number of ketones is 3. The number of fused-ring (bicyclic) bond motifs is 3. The van der Waals surface area contributed by atoms with Crippen molar-refractivity contribution in [1.29, 1.82) is 0 Å². The zero-order valence-corrected chi connectivity index (χ0v) is 19.8. The number of likely N-dealkylation sites (N-methyl/N-ethyl adjacent to an activating group) is 1. The summed E-state index contributed by atoms with van der Waals surface area (Å²) in [5.74, 6) is -0.823. The van der Waals surface area contributed by atoms with Crippen LogP contribution in [-0.4, -0.2) is 24.4 Å². The molecule has 0 saturated carbocycles. The number of nitrogens with zero attached hydrogens (tertiary/aromatic N) is 1. The molecule has 0 bridgehead atoms. The van der Waals surface area contributed by atoms with Crippen molar-refractivity contribution in [2.75, 3.05) is 11.9 Å². The number of hydrogen-bond acceptors (Lipinski definition) is 4. The Labute approximate surface area is 203 Å². The second-order valence-corrected chi connectivity index (χ2v) is 9.66. The van der Waals surface area contributed by atoms with Gasteiger partial charge >= 0.3 is 0 Å². The SMILES string of the molecule is CN1/C(=C\C=C2/C(=O)c3ccccc3C2=C2C(=O)c3ccccc3C2=O)C(C)(C)c2ccccc21. The molecular weight excluding hydrogens is 434 g/mol. The Morgan fingerprint density at radius 2 is 1.14 bits per heavy atom. The van der Waals surface area contributed by atoms with Gasteiger partial charge in [-0.3, -0.25) is 14.4 Å². The van der Waals surface area contributed by atoms with E-state index in [1.54, 1.807) is 42.5 Å². The fourth-order valence-corrected chi connectivity index (χ4v) is 5.67. The minimum Gasteiger partial charge on any atom is -0.347 e. The molecule has 35 heavy (non-hydrogen) atoms. The second-order valence-electron chi connectivity index (χ2n) is 9.66. The minimum atomic E-state index is -0.325. The van der Waals surface area contributed by atoms with E-state index in [0.717, 1.165) is 11.4 Å². The quantitative estimate of drug-likeness (QED) is 0.335. The Balaban J connectivity index is 1.57. The molecular formula is C31H23NO3. The van der Waals surface area contributed by atoms with Crippen LogP contribution in [0.15, 0.2) is 102 Å². The monoisotopic (exact) mass is 457 g/mol. The van der Waals surface area contributed by atoms with E-state index in [1.807, 2.05) is 37.4 Å². The van der Waals surface area contributed by atoms with Crippen LogP contribution >= 0.6 is 0 Å². The summed E-state index contributed by atoms with van der Waals surface area (Å²) in [6.07, 6.45) is 3.74. The summed E-state index contributed by atoms with van der Waals surface area (Å²) in [5, 5.41) is 0. The fraction of sp³-hybridized carbons (Fsp3) is 0.129. The van der Waals surface area contributed by atoms with Crippen LogP contribution in [0.25, 0.3) is 5.57 Å². The summed E-state index contributed by atoms with van der Waals surface area (Å²) >= 11 is 0. The molecule has 6 rings (SSSR count). The van der Waals surface area contributed by atoms with Crippen molar-refractivity contribution in [3.63, 3.8) is 0 Å². The standard InChI is InChI=1S/C31H23NO3/c1-31(2)23-14-8-9-15-24(23)32(3)25(31)17-16-22-26(18-10-4-5-11-19(18)28(22)33)27-29(34)20-12-6-7-13-21(20)30(27)35/h4-17H,1-3H3/b22-16-,25-17-. The molecule has 1 heterocycles. The van der Waals surface area contributed by atoms with E-state index in [-0.39, 0.29) is 28.3 Å². The van der Waals surface area contributed by atoms with Gasteiger partial charge in [-0.15, -0.1) is 0 Å². The molecule has 3 aliphatic rings. The summed E-state index contributed by atoms with van der Waals surface area (Å²) in [7, 11) is 2.02. The van der Waals surface area contributed by atoms with Crippen LogP contribution in [0.3, 0.4) is 0 Å². The van der Waals surface area contributed by atoms with Gasteiger partial charge in [-0.25, -0.2) is 0 Å². The van der Waals surface area contributed by atoms with Gasteiger partial charge in [0.05, 0.1) is 5.57 Å². The van der Waals surface area contributed by atoms with Crippen molar-refractivity contribution in [1.82, 2.24) is 0 Å². The maximum absolute atomic E-state index is 13.5. The van der Waals surface area contributed by atoms with E-state index in [2.05, 4.69) is 30.9 Å². The maximum Gasteiger partial charge on any atom is 0.198 e. The van der Waals surface area contributed by atoms with Crippen molar-refractivity contribution in [3.05, 3.63) is 130 Å². The molecule has 0 aromatic heterocycles. The van der Waals surface area contributed by atoms with Crippen LogP contribution in [0.5, 0.6) is 0 Å². The molecule has 2 aliphatic carbocycles. The molecule has 4 heteroatoms. The number of carbonyl (C=O) groups is 3. The summed E-state index contributed by atoms with van der Waals surface area (Å²) < 4.78 is 0. The topological polar surface area (TPSA) is 54.5 Å². The van der Waals surface area contributed by atoms with Gasteiger partial charge in [0.15, 0.2) is 17.3 Å². The largest absolute Gasteiger partial charge is 0.347 e. The first-order chi connectivity index (χ1) is 16.8. The maximum atomic E-state index is 13.5. The van der Waals surface area contributed by atoms with Gasteiger partial charge < -0.3 is 4.90 Å². The lowest BCUT2D eigenvalue weighted by Gasteiger charge is -2.23. The normalized spacial score (nSPS) is 20.2. The Morgan fingerprint density at radius 3 is 1.74 bits per heavy atom. The highest BCUT2D eigenvalue weighted by Gasteiger charge is 2.42. The lowest BCUT2D eigenvalue weighted by atomic mass is 9.83. The second kappa shape index (κ2) is 7.34. The molecule has 3 aromatic rings. The number of anilines is 1. The average Bonchev–Trinajstić information content (AvgIpc) is 3.36. The third-order valence-electron chi connectivity index (χ3n) is 7.42. The van der Waals surface area contributed by atoms with Gasteiger partial charge in [-0.2, -0.15) is 0 Å². The number of Topliss-reactive ketones (excluding diaryl/α,β-unsaturated/α-hetero) is 3. The third-order valence-corrected chi connectivity index (χ3v) is 7.42. The summed E-state index contributed by atoms with van der Waals surface area (Å²) in [5.41, 5.74) is 5.92. The predicted molar refractivity (Wildman–Crippen MR) is 137 cm³/mol. The van der Waals surface area contributed by atoms with Gasteiger partial charge in [0.25, 0.3) is 0 Å². The molecule has 0 fully saturated rings. The molecule has 1 aliphatic heterocycles. The fourth-order valence-electron chi connectivity index (χ4n) is 5.67. The van der Waals surface area contributed by atoms with Gasteiger partial charge in [0, 0.05) is 51.7 Å². The highest BCUT2D eigenvalue weighted by Crippen LogP contribution is 2.47. The van der Waals surface area contributed by atoms with Crippen molar-refractivity contribution >= 4 is 28.6 Å². The summed E-state index contributed by atoms with van der Waals surface area (Å²) in [6, 6.07) is 22.3. The highest BCUT2D eigenvalue weighted by molar-refractivity contribution is 6.46. The van der Waals surface area contributed by atoms with Crippen molar-refractivity contribution in [3.8, 4) is 0 Å². The zero-order chi connectivity index (χ0) is 24.5. The minimum absolute atomic E-state index is 0.0801. The Hall–Kier alpha value is -4.31. The molecule has 0 N–H and O–H groups in total. The number of para-hydroxylation sites is 1. The van der Waals surface area contributed by atoms with E-state index in [9.17, 15) is 14.4 Å². The molecule has 4 nitrogen and oxygen atoms in total. The first-order valence-electron chi connectivity index (χ1n) is 11.6. The van der Waals surface area contributed by atoms with E-state index in [1.165, 1.54) is 5.56 Å². The van der Waals surface area contributed by atoms with Crippen molar-refractivity contribution in [2.24, 2.45) is 0 Å². The lowest BCUT2D eigenvalue weighted by molar-refractivity contribution is 0.0989. The van der Waals surface area contributed by atoms with E-state index in [4.69, 9.17) is 0 Å². The van der Waals surface area contributed by atoms with Crippen molar-refractivity contribution < 1.29 is 14.4 Å². The van der Waals surface area contributed by atoms with Gasteiger partial charge in [0.2, 0.25) is 0 Å². The molecule has 3 aromatic carbocycles.